The minimum absolute atomic E-state index is 0.0803. The van der Waals surface area contributed by atoms with E-state index in [0.717, 1.165) is 29.8 Å². The lowest BCUT2D eigenvalue weighted by Crippen LogP contribution is -2.46. The number of nitrogens with zero attached hydrogens (tertiary/aromatic N) is 5. The molecule has 4 N–H and O–H groups in total. The van der Waals surface area contributed by atoms with Crippen LogP contribution < -0.4 is 11.1 Å². The molecule has 1 fully saturated rings. The number of imidazole rings is 1. The standard InChI is InChI=1S/C30H33F2N7O2/c1-17-11-18(12-24(34)28(17)41-10-4-8-33)21-7-9-35-16-26(21)37-29-36-15-20-5-6-25(38-39(20)29)27-22(31)13-19(14-23(27)32)30(2,3)40/h5-7,9,13-18,24,28,40H,4,10-12,34H2,1-3H3,(H,36,37)/t17-,18+,24+,28-/m0/s1. The lowest BCUT2D eigenvalue weighted by molar-refractivity contribution is -0.0198. The molecule has 0 spiro atoms. The van der Waals surface area contributed by atoms with E-state index >= 15 is 8.78 Å². The third-order valence-electron chi connectivity index (χ3n) is 7.65. The second kappa shape index (κ2) is 11.5. The van der Waals surface area contributed by atoms with Crippen LogP contribution in [0.2, 0.25) is 0 Å². The van der Waals surface area contributed by atoms with Gasteiger partial charge in [-0.15, -0.1) is 0 Å². The monoisotopic (exact) mass is 561 g/mol. The van der Waals surface area contributed by atoms with Crippen molar-refractivity contribution in [1.82, 2.24) is 19.6 Å². The van der Waals surface area contributed by atoms with Gasteiger partial charge in [-0.05, 0) is 80.0 Å². The van der Waals surface area contributed by atoms with Gasteiger partial charge in [-0.1, -0.05) is 6.92 Å². The lowest BCUT2D eigenvalue weighted by Gasteiger charge is -2.39. The molecule has 214 valence electrons. The summed E-state index contributed by atoms with van der Waals surface area (Å²) in [7, 11) is 0. The highest BCUT2D eigenvalue weighted by Crippen LogP contribution is 2.40. The molecule has 3 aromatic heterocycles. The van der Waals surface area contributed by atoms with Crippen molar-refractivity contribution in [3.8, 4) is 17.3 Å². The molecule has 5 rings (SSSR count). The molecule has 9 nitrogen and oxygen atoms in total. The fourth-order valence-corrected chi connectivity index (χ4v) is 5.60. The number of nitrogens with two attached hydrogens (primary N) is 1. The molecule has 0 radical (unpaired) electrons. The zero-order valence-electron chi connectivity index (χ0n) is 23.2. The Morgan fingerprint density at radius 1 is 1.20 bits per heavy atom. The highest BCUT2D eigenvalue weighted by Gasteiger charge is 2.36. The van der Waals surface area contributed by atoms with E-state index in [1.165, 1.54) is 24.4 Å². The van der Waals surface area contributed by atoms with E-state index in [1.54, 1.807) is 24.7 Å². The molecule has 0 bridgehead atoms. The summed E-state index contributed by atoms with van der Waals surface area (Å²) in [6, 6.07) is 9.31. The van der Waals surface area contributed by atoms with Crippen LogP contribution >= 0.6 is 0 Å². The minimum Gasteiger partial charge on any atom is -0.386 e. The second-order valence-electron chi connectivity index (χ2n) is 11.2. The van der Waals surface area contributed by atoms with Crippen LogP contribution in [-0.2, 0) is 10.3 Å². The number of hydrogen-bond acceptors (Lipinski definition) is 8. The minimum atomic E-state index is -1.40. The van der Waals surface area contributed by atoms with Crippen LogP contribution in [0.1, 0.15) is 57.1 Å². The Kier molecular flexibility index (Phi) is 8.00. The van der Waals surface area contributed by atoms with Crippen molar-refractivity contribution in [2.45, 2.75) is 63.7 Å². The van der Waals surface area contributed by atoms with E-state index in [0.29, 0.717) is 30.9 Å². The number of ether oxygens (including phenoxy) is 1. The summed E-state index contributed by atoms with van der Waals surface area (Å²) in [4.78, 5) is 8.75. The molecule has 11 heteroatoms. The average molecular weight is 562 g/mol. The Labute approximate surface area is 237 Å². The molecule has 0 aliphatic heterocycles. The van der Waals surface area contributed by atoms with Gasteiger partial charge in [-0.2, -0.15) is 14.9 Å². The topological polar surface area (TPSA) is 134 Å². The van der Waals surface area contributed by atoms with Gasteiger partial charge >= 0.3 is 0 Å². The van der Waals surface area contributed by atoms with Crippen molar-refractivity contribution in [1.29, 1.82) is 5.26 Å². The number of anilines is 2. The molecule has 1 aliphatic rings. The first-order chi connectivity index (χ1) is 19.6. The normalized spacial score (nSPS) is 21.1. The summed E-state index contributed by atoms with van der Waals surface area (Å²) in [5.74, 6) is -0.969. The summed E-state index contributed by atoms with van der Waals surface area (Å²) in [6.07, 6.45) is 6.81. The maximum atomic E-state index is 15.1. The maximum Gasteiger partial charge on any atom is 0.229 e. The SMILES string of the molecule is C[C@H]1C[C@@H](c2ccncc2Nc2ncc3ccc(-c4c(F)cc(C(C)(C)O)cc4F)nn23)C[C@@H](N)[C@H]1OCCC#N. The Bertz CT molecular complexity index is 1560. The Balaban J connectivity index is 1.43. The van der Waals surface area contributed by atoms with Crippen LogP contribution in [0.3, 0.4) is 0 Å². The van der Waals surface area contributed by atoms with E-state index in [9.17, 15) is 5.11 Å². The molecule has 3 heterocycles. The van der Waals surface area contributed by atoms with E-state index in [4.69, 9.17) is 15.7 Å². The number of fused-ring (bicyclic) bond motifs is 1. The molecule has 1 aromatic carbocycles. The number of aliphatic hydroxyl groups is 1. The number of hydrogen-bond donors (Lipinski definition) is 3. The van der Waals surface area contributed by atoms with Gasteiger partial charge < -0.3 is 20.9 Å². The van der Waals surface area contributed by atoms with Crippen LogP contribution in [0.5, 0.6) is 0 Å². The molecule has 4 atom stereocenters. The van der Waals surface area contributed by atoms with Gasteiger partial charge in [-0.25, -0.2) is 13.8 Å². The third kappa shape index (κ3) is 5.91. The first-order valence-corrected chi connectivity index (χ1v) is 13.6. The van der Waals surface area contributed by atoms with E-state index < -0.39 is 17.2 Å². The zero-order chi connectivity index (χ0) is 29.3. The largest absolute Gasteiger partial charge is 0.386 e. The predicted molar refractivity (Wildman–Crippen MR) is 150 cm³/mol. The molecule has 1 saturated carbocycles. The van der Waals surface area contributed by atoms with Gasteiger partial charge in [0, 0.05) is 12.2 Å². The van der Waals surface area contributed by atoms with Gasteiger partial charge in [0.15, 0.2) is 0 Å². The van der Waals surface area contributed by atoms with E-state index in [2.05, 4.69) is 33.4 Å². The summed E-state index contributed by atoms with van der Waals surface area (Å²) >= 11 is 0. The number of pyridine rings is 1. The van der Waals surface area contributed by atoms with Gasteiger partial charge in [0.25, 0.3) is 0 Å². The second-order valence-corrected chi connectivity index (χ2v) is 11.2. The van der Waals surface area contributed by atoms with Crippen molar-refractivity contribution in [3.05, 3.63) is 71.7 Å². The highest BCUT2D eigenvalue weighted by molar-refractivity contribution is 5.66. The van der Waals surface area contributed by atoms with Gasteiger partial charge in [-0.3, -0.25) is 4.98 Å². The van der Waals surface area contributed by atoms with Gasteiger partial charge in [0.2, 0.25) is 5.95 Å². The first kappa shape index (κ1) is 28.5. The Hall–Kier alpha value is -3.98. The molecule has 0 saturated heterocycles. The summed E-state index contributed by atoms with van der Waals surface area (Å²) in [5, 5.41) is 26.8. The van der Waals surface area contributed by atoms with Crippen LogP contribution in [-0.4, -0.2) is 43.4 Å². The van der Waals surface area contributed by atoms with Gasteiger partial charge in [0.1, 0.15) is 11.6 Å². The van der Waals surface area contributed by atoms with Crippen LogP contribution in [0.15, 0.2) is 48.9 Å². The summed E-state index contributed by atoms with van der Waals surface area (Å²) in [6.45, 7) is 5.40. The fraction of sp³-hybridized carbons (Fsp3) is 0.400. The quantitative estimate of drug-likeness (QED) is 0.251. The molecule has 1 aliphatic carbocycles. The van der Waals surface area contributed by atoms with E-state index in [1.807, 2.05) is 6.07 Å². The average Bonchev–Trinajstić information content (AvgIpc) is 3.31. The lowest BCUT2D eigenvalue weighted by atomic mass is 9.74. The van der Waals surface area contributed by atoms with Gasteiger partial charge in [0.05, 0.1) is 65.7 Å². The fourth-order valence-electron chi connectivity index (χ4n) is 5.60. The molecule has 41 heavy (non-hydrogen) atoms. The number of rotatable bonds is 8. The van der Waals surface area contributed by atoms with Crippen molar-refractivity contribution in [2.24, 2.45) is 11.7 Å². The molecule has 0 amide bonds. The van der Waals surface area contributed by atoms with Crippen molar-refractivity contribution in [3.63, 3.8) is 0 Å². The highest BCUT2D eigenvalue weighted by atomic mass is 19.1. The van der Waals surface area contributed by atoms with E-state index in [-0.39, 0.29) is 40.8 Å². The van der Waals surface area contributed by atoms with Crippen LogP contribution in [0.4, 0.5) is 20.4 Å². The molecular weight excluding hydrogens is 528 g/mol. The first-order valence-electron chi connectivity index (χ1n) is 13.6. The maximum absolute atomic E-state index is 15.1. The van der Waals surface area contributed by atoms with Crippen LogP contribution in [0.25, 0.3) is 16.8 Å². The number of aromatic nitrogens is 4. The summed E-state index contributed by atoms with van der Waals surface area (Å²) < 4.78 is 37.5. The smallest absolute Gasteiger partial charge is 0.229 e. The molecular formula is C30H33F2N7O2. The number of halogens is 2. The summed E-state index contributed by atoms with van der Waals surface area (Å²) in [5.41, 5.74) is 7.42. The zero-order valence-corrected chi connectivity index (χ0v) is 23.2. The molecule has 0 unspecified atom stereocenters. The molecule has 4 aromatic rings. The van der Waals surface area contributed by atoms with Crippen molar-refractivity contribution < 1.29 is 18.6 Å². The third-order valence-corrected chi connectivity index (χ3v) is 7.65. The predicted octanol–water partition coefficient (Wildman–Crippen LogP) is 5.18. The number of benzene rings is 1. The number of nitrogens with one attached hydrogen (secondary N) is 1. The Morgan fingerprint density at radius 3 is 2.63 bits per heavy atom. The Morgan fingerprint density at radius 2 is 1.95 bits per heavy atom. The van der Waals surface area contributed by atoms with Crippen LogP contribution in [0, 0.1) is 28.9 Å². The van der Waals surface area contributed by atoms with Crippen molar-refractivity contribution >= 4 is 17.2 Å². The number of nitriles is 1. The van der Waals surface area contributed by atoms with Crippen molar-refractivity contribution in [2.75, 3.05) is 11.9 Å².